The van der Waals surface area contributed by atoms with Gasteiger partial charge in [0, 0.05) is 11.4 Å². The van der Waals surface area contributed by atoms with E-state index < -0.39 is 16.0 Å². The predicted octanol–water partition coefficient (Wildman–Crippen LogP) is 2.77. The number of benzene rings is 1. The van der Waals surface area contributed by atoms with E-state index in [4.69, 9.17) is 4.74 Å². The molecular weight excluding hydrogens is 374 g/mol. The lowest BCUT2D eigenvalue weighted by Crippen LogP contribution is -2.27. The number of aryl methyl sites for hydroxylation is 3. The van der Waals surface area contributed by atoms with Crippen LogP contribution in [0.3, 0.4) is 0 Å². The molecule has 140 valence electrons. The van der Waals surface area contributed by atoms with E-state index in [0.717, 1.165) is 10.4 Å². The van der Waals surface area contributed by atoms with E-state index in [-0.39, 0.29) is 30.3 Å². The number of Topliss-reactive ketones (excluding diaryl/α,β-unsaturated/α-hetero) is 1. The average molecular weight is 396 g/mol. The van der Waals surface area contributed by atoms with Crippen LogP contribution in [-0.4, -0.2) is 33.3 Å². The number of esters is 1. The number of sulfonamides is 1. The van der Waals surface area contributed by atoms with Gasteiger partial charge in [0.2, 0.25) is 15.8 Å². The molecule has 6 nitrogen and oxygen atoms in total. The maximum Gasteiger partial charge on any atom is 0.307 e. The molecule has 0 atom stereocenters. The van der Waals surface area contributed by atoms with Crippen molar-refractivity contribution in [2.75, 3.05) is 13.2 Å². The number of carbonyl (C=O) groups excluding carboxylic acids is 2. The molecule has 0 saturated carbocycles. The molecule has 1 aromatic heterocycles. The summed E-state index contributed by atoms with van der Waals surface area (Å²) in [5, 5.41) is 0. The van der Waals surface area contributed by atoms with Crippen LogP contribution in [0.5, 0.6) is 0 Å². The number of nitrogens with one attached hydrogen (secondary N) is 1. The SMILES string of the molecule is Cc1ccc(C)c(S(=O)(=O)NCCC(=O)OCC(=O)c2ccc(C)s2)c1. The van der Waals surface area contributed by atoms with Gasteiger partial charge in [-0.1, -0.05) is 12.1 Å². The van der Waals surface area contributed by atoms with Gasteiger partial charge >= 0.3 is 5.97 Å². The summed E-state index contributed by atoms with van der Waals surface area (Å²) in [5.41, 5.74) is 1.46. The van der Waals surface area contributed by atoms with E-state index in [1.165, 1.54) is 11.3 Å². The molecule has 0 aliphatic heterocycles. The highest BCUT2D eigenvalue weighted by Crippen LogP contribution is 2.17. The van der Waals surface area contributed by atoms with E-state index in [1.807, 2.05) is 26.0 Å². The van der Waals surface area contributed by atoms with E-state index in [9.17, 15) is 18.0 Å². The molecule has 8 heteroatoms. The Bertz CT molecular complexity index is 915. The fraction of sp³-hybridized carbons (Fsp3) is 0.333. The maximum absolute atomic E-state index is 12.3. The van der Waals surface area contributed by atoms with E-state index in [0.29, 0.717) is 10.4 Å². The van der Waals surface area contributed by atoms with Crippen LogP contribution in [0.2, 0.25) is 0 Å². The van der Waals surface area contributed by atoms with Crippen molar-refractivity contribution >= 4 is 33.1 Å². The maximum atomic E-state index is 12.3. The van der Waals surface area contributed by atoms with Gasteiger partial charge in [-0.15, -0.1) is 11.3 Å². The van der Waals surface area contributed by atoms with Gasteiger partial charge in [0.25, 0.3) is 0 Å². The molecule has 0 spiro atoms. The van der Waals surface area contributed by atoms with Crippen molar-refractivity contribution in [3.63, 3.8) is 0 Å². The van der Waals surface area contributed by atoms with Crippen LogP contribution in [-0.2, 0) is 19.6 Å². The molecule has 2 aromatic rings. The third-order valence-corrected chi connectivity index (χ3v) is 6.28. The Hall–Kier alpha value is -2.03. The highest BCUT2D eigenvalue weighted by molar-refractivity contribution is 7.89. The summed E-state index contributed by atoms with van der Waals surface area (Å²) in [4.78, 5) is 25.3. The molecule has 1 heterocycles. The first kappa shape index (κ1) is 20.3. The second kappa shape index (κ2) is 8.57. The lowest BCUT2D eigenvalue weighted by molar-refractivity contribution is -0.142. The molecule has 0 aliphatic carbocycles. The van der Waals surface area contributed by atoms with Crippen molar-refractivity contribution in [2.45, 2.75) is 32.1 Å². The van der Waals surface area contributed by atoms with Crippen LogP contribution in [0.1, 0.15) is 32.1 Å². The third kappa shape index (κ3) is 5.48. The Morgan fingerprint density at radius 2 is 1.85 bits per heavy atom. The number of rotatable bonds is 8. The summed E-state index contributed by atoms with van der Waals surface area (Å²) >= 11 is 1.34. The first-order valence-corrected chi connectivity index (χ1v) is 10.3. The van der Waals surface area contributed by atoms with Crippen LogP contribution < -0.4 is 4.72 Å². The molecule has 26 heavy (non-hydrogen) atoms. The minimum Gasteiger partial charge on any atom is -0.457 e. The largest absolute Gasteiger partial charge is 0.457 e. The Morgan fingerprint density at radius 3 is 2.50 bits per heavy atom. The Balaban J connectivity index is 1.82. The lowest BCUT2D eigenvalue weighted by Gasteiger charge is -2.10. The number of carbonyl (C=O) groups is 2. The topological polar surface area (TPSA) is 89.5 Å². The molecule has 0 unspecified atom stereocenters. The molecule has 1 N–H and O–H groups in total. The van der Waals surface area contributed by atoms with E-state index in [2.05, 4.69) is 4.72 Å². The molecule has 0 saturated heterocycles. The predicted molar refractivity (Wildman–Crippen MR) is 100 cm³/mol. The molecule has 0 amide bonds. The second-order valence-electron chi connectivity index (χ2n) is 5.91. The molecule has 0 bridgehead atoms. The van der Waals surface area contributed by atoms with Gasteiger partial charge in [-0.05, 0) is 50.1 Å². The van der Waals surface area contributed by atoms with Gasteiger partial charge in [-0.25, -0.2) is 13.1 Å². The fourth-order valence-electron chi connectivity index (χ4n) is 2.24. The van der Waals surface area contributed by atoms with Crippen molar-refractivity contribution in [3.05, 3.63) is 51.2 Å². The zero-order chi connectivity index (χ0) is 19.3. The minimum atomic E-state index is -3.70. The van der Waals surface area contributed by atoms with Crippen LogP contribution in [0.4, 0.5) is 0 Å². The molecule has 0 aliphatic rings. The first-order valence-electron chi connectivity index (χ1n) is 8.01. The van der Waals surface area contributed by atoms with E-state index >= 15 is 0 Å². The summed E-state index contributed by atoms with van der Waals surface area (Å²) in [7, 11) is -3.70. The normalized spacial score (nSPS) is 11.3. The monoisotopic (exact) mass is 395 g/mol. The summed E-state index contributed by atoms with van der Waals surface area (Å²) in [5.74, 6) is -0.900. The first-order chi connectivity index (χ1) is 12.2. The van der Waals surface area contributed by atoms with Crippen LogP contribution >= 0.6 is 11.3 Å². The summed E-state index contributed by atoms with van der Waals surface area (Å²) in [6, 6.07) is 8.65. The standard InChI is InChI=1S/C18H21NO5S2/c1-12-4-5-13(2)17(10-12)26(22,23)19-9-8-18(21)24-11-15(20)16-7-6-14(3)25-16/h4-7,10,19H,8-9,11H2,1-3H3. The van der Waals surface area contributed by atoms with Crippen LogP contribution in [0.15, 0.2) is 35.2 Å². The Morgan fingerprint density at radius 1 is 1.12 bits per heavy atom. The average Bonchev–Trinajstić information content (AvgIpc) is 3.01. The molecule has 0 fully saturated rings. The van der Waals surface area contributed by atoms with Gasteiger partial charge in [0.05, 0.1) is 16.2 Å². The highest BCUT2D eigenvalue weighted by atomic mass is 32.2. The van der Waals surface area contributed by atoms with Crippen LogP contribution in [0.25, 0.3) is 0 Å². The van der Waals surface area contributed by atoms with Crippen molar-refractivity contribution in [1.29, 1.82) is 0 Å². The van der Waals surface area contributed by atoms with Crippen molar-refractivity contribution in [2.24, 2.45) is 0 Å². The Kier molecular flexibility index (Phi) is 6.69. The lowest BCUT2D eigenvalue weighted by atomic mass is 10.2. The highest BCUT2D eigenvalue weighted by Gasteiger charge is 2.18. The van der Waals surface area contributed by atoms with Gasteiger partial charge in [0.15, 0.2) is 6.61 Å². The number of ketones is 1. The van der Waals surface area contributed by atoms with Gasteiger partial charge in [-0.2, -0.15) is 0 Å². The molecule has 1 aromatic carbocycles. The quantitative estimate of drug-likeness (QED) is 0.548. The number of thiophene rings is 1. The zero-order valence-corrected chi connectivity index (χ0v) is 16.5. The summed E-state index contributed by atoms with van der Waals surface area (Å²) < 4.78 is 31.9. The smallest absolute Gasteiger partial charge is 0.307 e. The van der Waals surface area contributed by atoms with Crippen molar-refractivity contribution in [1.82, 2.24) is 4.72 Å². The number of ether oxygens (including phenoxy) is 1. The minimum absolute atomic E-state index is 0.0964. The van der Waals surface area contributed by atoms with Gasteiger partial charge < -0.3 is 4.74 Å². The van der Waals surface area contributed by atoms with Gasteiger partial charge in [0.1, 0.15) is 0 Å². The molecule has 2 rings (SSSR count). The van der Waals surface area contributed by atoms with Crippen LogP contribution in [0, 0.1) is 20.8 Å². The van der Waals surface area contributed by atoms with E-state index in [1.54, 1.807) is 25.1 Å². The molecular formula is C18H21NO5S2. The Labute approximate surface area is 157 Å². The number of hydrogen-bond donors (Lipinski definition) is 1. The van der Waals surface area contributed by atoms with Gasteiger partial charge in [-0.3, -0.25) is 9.59 Å². The fourth-order valence-corrected chi connectivity index (χ4v) is 4.39. The second-order valence-corrected chi connectivity index (χ2v) is 8.93. The third-order valence-electron chi connectivity index (χ3n) is 3.63. The zero-order valence-electron chi connectivity index (χ0n) is 14.9. The number of hydrogen-bond acceptors (Lipinski definition) is 6. The van der Waals surface area contributed by atoms with Crippen molar-refractivity contribution < 1.29 is 22.7 Å². The summed E-state index contributed by atoms with van der Waals surface area (Å²) in [6.07, 6.45) is -0.152. The van der Waals surface area contributed by atoms with Crippen molar-refractivity contribution in [3.8, 4) is 0 Å². The summed E-state index contributed by atoms with van der Waals surface area (Å²) in [6.45, 7) is 4.96. The molecule has 0 radical (unpaired) electrons.